The van der Waals surface area contributed by atoms with Crippen LogP contribution in [0.4, 0.5) is 5.69 Å². The van der Waals surface area contributed by atoms with Crippen molar-refractivity contribution in [2.45, 2.75) is 6.54 Å². The van der Waals surface area contributed by atoms with Crippen LogP contribution in [0.3, 0.4) is 0 Å². The molecule has 0 saturated carbocycles. The smallest absolute Gasteiger partial charge is 0.115 e. The van der Waals surface area contributed by atoms with Gasteiger partial charge in [0, 0.05) is 29.0 Å². The van der Waals surface area contributed by atoms with E-state index in [1.54, 1.807) is 24.5 Å². The van der Waals surface area contributed by atoms with Gasteiger partial charge in [0.15, 0.2) is 0 Å². The second-order valence-corrected chi connectivity index (χ2v) is 5.07. The van der Waals surface area contributed by atoms with Crippen LogP contribution >= 0.6 is 39.1 Å². The molecule has 0 aliphatic rings. The van der Waals surface area contributed by atoms with Gasteiger partial charge in [0.05, 0.1) is 15.7 Å². The molecule has 0 aliphatic carbocycles. The highest BCUT2D eigenvalue weighted by molar-refractivity contribution is 9.10. The maximum atomic E-state index is 6.09. The Hall–Kier alpha value is -0.840. The van der Waals surface area contributed by atoms with E-state index < -0.39 is 0 Å². The molecule has 2 rings (SSSR count). The van der Waals surface area contributed by atoms with E-state index in [2.05, 4.69) is 31.2 Å². The molecule has 0 aliphatic heterocycles. The summed E-state index contributed by atoms with van der Waals surface area (Å²) in [5, 5.41) is 4.30. The fourth-order valence-electron chi connectivity index (χ4n) is 1.32. The summed E-state index contributed by atoms with van der Waals surface area (Å²) in [6, 6.07) is 3.58. The van der Waals surface area contributed by atoms with E-state index in [4.69, 9.17) is 23.2 Å². The molecule has 6 heteroatoms. The maximum Gasteiger partial charge on any atom is 0.115 e. The molecule has 1 aromatic heterocycles. The summed E-state index contributed by atoms with van der Waals surface area (Å²) in [6.45, 7) is 0.571. The van der Waals surface area contributed by atoms with Crippen molar-refractivity contribution in [2.75, 3.05) is 5.32 Å². The summed E-state index contributed by atoms with van der Waals surface area (Å²) in [5.74, 6) is 0. The standard InChI is InChI=1S/C11H8BrCl2N3/c12-8-1-9(13)11(10(14)2-8)17-5-7-3-15-6-16-4-7/h1-4,6,17H,5H2. The summed E-state index contributed by atoms with van der Waals surface area (Å²) in [7, 11) is 0. The second kappa shape index (κ2) is 5.67. The molecule has 17 heavy (non-hydrogen) atoms. The highest BCUT2D eigenvalue weighted by atomic mass is 79.9. The first kappa shape index (κ1) is 12.6. The summed E-state index contributed by atoms with van der Waals surface area (Å²) in [6.07, 6.45) is 4.96. The third-order valence-electron chi connectivity index (χ3n) is 2.09. The lowest BCUT2D eigenvalue weighted by Gasteiger charge is -2.10. The van der Waals surface area contributed by atoms with Crippen molar-refractivity contribution in [3.8, 4) is 0 Å². The summed E-state index contributed by atoms with van der Waals surface area (Å²) in [4.78, 5) is 7.86. The third kappa shape index (κ3) is 3.31. The largest absolute Gasteiger partial charge is 0.378 e. The Bertz CT molecular complexity index is 496. The zero-order valence-corrected chi connectivity index (χ0v) is 11.7. The molecule has 0 radical (unpaired) electrons. The maximum absolute atomic E-state index is 6.09. The van der Waals surface area contributed by atoms with Gasteiger partial charge in [-0.1, -0.05) is 39.1 Å². The molecule has 0 spiro atoms. The number of anilines is 1. The Labute approximate surface area is 117 Å². The number of aromatic nitrogens is 2. The van der Waals surface area contributed by atoms with Gasteiger partial charge in [0.25, 0.3) is 0 Å². The monoisotopic (exact) mass is 331 g/mol. The van der Waals surface area contributed by atoms with Gasteiger partial charge in [-0.2, -0.15) is 0 Å². The first-order valence-electron chi connectivity index (χ1n) is 4.79. The molecule has 3 nitrogen and oxygen atoms in total. The lowest BCUT2D eigenvalue weighted by Crippen LogP contribution is -2.01. The minimum Gasteiger partial charge on any atom is -0.378 e. The van der Waals surface area contributed by atoms with Crippen LogP contribution in [0, 0.1) is 0 Å². The molecular formula is C11H8BrCl2N3. The van der Waals surface area contributed by atoms with Crippen LogP contribution in [0.15, 0.2) is 35.3 Å². The van der Waals surface area contributed by atoms with Gasteiger partial charge in [-0.15, -0.1) is 0 Å². The molecule has 1 heterocycles. The number of benzene rings is 1. The van der Waals surface area contributed by atoms with Crippen LogP contribution in [0.2, 0.25) is 10.0 Å². The molecular weight excluding hydrogens is 325 g/mol. The van der Waals surface area contributed by atoms with E-state index in [9.17, 15) is 0 Å². The quantitative estimate of drug-likeness (QED) is 0.917. The van der Waals surface area contributed by atoms with E-state index in [1.165, 1.54) is 6.33 Å². The van der Waals surface area contributed by atoms with Crippen LogP contribution < -0.4 is 5.32 Å². The number of hydrogen-bond acceptors (Lipinski definition) is 3. The van der Waals surface area contributed by atoms with Crippen LogP contribution in [0.5, 0.6) is 0 Å². The first-order chi connectivity index (χ1) is 8.16. The topological polar surface area (TPSA) is 37.8 Å². The van der Waals surface area contributed by atoms with Crippen molar-refractivity contribution < 1.29 is 0 Å². The van der Waals surface area contributed by atoms with Crippen LogP contribution in [0.1, 0.15) is 5.56 Å². The van der Waals surface area contributed by atoms with E-state index in [1.807, 2.05) is 0 Å². The Morgan fingerprint density at radius 3 is 2.29 bits per heavy atom. The molecule has 0 saturated heterocycles. The fourth-order valence-corrected chi connectivity index (χ4v) is 2.66. The van der Waals surface area contributed by atoms with Crippen molar-refractivity contribution in [1.82, 2.24) is 9.97 Å². The van der Waals surface area contributed by atoms with E-state index in [-0.39, 0.29) is 0 Å². The Morgan fingerprint density at radius 2 is 1.71 bits per heavy atom. The average Bonchev–Trinajstić information content (AvgIpc) is 2.29. The molecule has 2 aromatic rings. The average molecular weight is 333 g/mol. The minimum atomic E-state index is 0.571. The zero-order chi connectivity index (χ0) is 12.3. The third-order valence-corrected chi connectivity index (χ3v) is 3.14. The molecule has 0 bridgehead atoms. The van der Waals surface area contributed by atoms with Crippen molar-refractivity contribution in [3.05, 3.63) is 50.9 Å². The number of rotatable bonds is 3. The molecule has 0 atom stereocenters. The van der Waals surface area contributed by atoms with Crippen molar-refractivity contribution in [1.29, 1.82) is 0 Å². The zero-order valence-electron chi connectivity index (χ0n) is 8.62. The fraction of sp³-hybridized carbons (Fsp3) is 0.0909. The summed E-state index contributed by atoms with van der Waals surface area (Å²) < 4.78 is 0.848. The van der Waals surface area contributed by atoms with Gasteiger partial charge in [0.1, 0.15) is 6.33 Å². The molecule has 0 amide bonds. The van der Waals surface area contributed by atoms with Gasteiger partial charge in [-0.05, 0) is 12.1 Å². The molecule has 0 fully saturated rings. The Balaban J connectivity index is 2.15. The van der Waals surface area contributed by atoms with E-state index >= 15 is 0 Å². The van der Waals surface area contributed by atoms with E-state index in [0.717, 1.165) is 10.0 Å². The molecule has 88 valence electrons. The Morgan fingerprint density at radius 1 is 1.12 bits per heavy atom. The predicted molar refractivity (Wildman–Crippen MR) is 73.5 cm³/mol. The Kier molecular flexibility index (Phi) is 4.20. The second-order valence-electron chi connectivity index (χ2n) is 3.34. The van der Waals surface area contributed by atoms with Crippen LogP contribution in [-0.2, 0) is 6.54 Å². The summed E-state index contributed by atoms with van der Waals surface area (Å²) in [5.41, 5.74) is 1.67. The summed E-state index contributed by atoms with van der Waals surface area (Å²) >= 11 is 15.5. The number of nitrogens with zero attached hydrogens (tertiary/aromatic N) is 2. The lowest BCUT2D eigenvalue weighted by atomic mass is 10.3. The van der Waals surface area contributed by atoms with Gasteiger partial charge in [-0.3, -0.25) is 0 Å². The normalized spacial score (nSPS) is 10.3. The van der Waals surface area contributed by atoms with Gasteiger partial charge >= 0.3 is 0 Å². The van der Waals surface area contributed by atoms with Crippen molar-refractivity contribution in [2.24, 2.45) is 0 Å². The lowest BCUT2D eigenvalue weighted by molar-refractivity contribution is 1.05. The van der Waals surface area contributed by atoms with Crippen LogP contribution in [-0.4, -0.2) is 9.97 Å². The molecule has 1 N–H and O–H groups in total. The molecule has 1 aromatic carbocycles. The SMILES string of the molecule is Clc1cc(Br)cc(Cl)c1NCc1cncnc1. The van der Waals surface area contributed by atoms with Gasteiger partial charge in [0.2, 0.25) is 0 Å². The van der Waals surface area contributed by atoms with E-state index in [0.29, 0.717) is 22.3 Å². The first-order valence-corrected chi connectivity index (χ1v) is 6.34. The predicted octanol–water partition coefficient (Wildman–Crippen LogP) is 4.16. The van der Waals surface area contributed by atoms with Crippen molar-refractivity contribution >= 4 is 44.8 Å². The van der Waals surface area contributed by atoms with Crippen molar-refractivity contribution in [3.63, 3.8) is 0 Å². The van der Waals surface area contributed by atoms with Gasteiger partial charge < -0.3 is 5.32 Å². The van der Waals surface area contributed by atoms with Crippen LogP contribution in [0.25, 0.3) is 0 Å². The number of nitrogens with one attached hydrogen (secondary N) is 1. The highest BCUT2D eigenvalue weighted by Crippen LogP contribution is 2.33. The highest BCUT2D eigenvalue weighted by Gasteiger charge is 2.07. The number of hydrogen-bond donors (Lipinski definition) is 1. The molecule has 0 unspecified atom stereocenters. The minimum absolute atomic E-state index is 0.571. The van der Waals surface area contributed by atoms with Gasteiger partial charge in [-0.25, -0.2) is 9.97 Å². The number of halogens is 3.